The number of ether oxygens (including phenoxy) is 2. The van der Waals surface area contributed by atoms with E-state index in [2.05, 4.69) is 5.32 Å². The molecule has 0 saturated carbocycles. The first kappa shape index (κ1) is 22.4. The Labute approximate surface area is 170 Å². The summed E-state index contributed by atoms with van der Waals surface area (Å²) >= 11 is 0. The lowest BCUT2D eigenvalue weighted by molar-refractivity contribution is -0.122. The highest BCUT2D eigenvalue weighted by Crippen LogP contribution is 2.17. The maximum Gasteiger partial charge on any atom is 0.338 e. The van der Waals surface area contributed by atoms with Gasteiger partial charge in [0.15, 0.2) is 6.10 Å². The van der Waals surface area contributed by atoms with Gasteiger partial charge in [-0.3, -0.25) is 4.79 Å². The van der Waals surface area contributed by atoms with Gasteiger partial charge < -0.3 is 14.8 Å². The van der Waals surface area contributed by atoms with E-state index in [4.69, 9.17) is 14.6 Å². The Kier molecular flexibility index (Phi) is 7.74. The maximum absolute atomic E-state index is 12.3. The Morgan fingerprint density at radius 2 is 1.69 bits per heavy atom. The van der Waals surface area contributed by atoms with Crippen molar-refractivity contribution in [2.45, 2.75) is 37.7 Å². The molecule has 0 aliphatic rings. The molecule has 0 radical (unpaired) electrons. The number of rotatable bonds is 9. The minimum atomic E-state index is -3.79. The van der Waals surface area contributed by atoms with Crippen LogP contribution in [0.2, 0.25) is 0 Å². The number of nitrogens with two attached hydrogens (primary N) is 1. The second kappa shape index (κ2) is 10.0. The van der Waals surface area contributed by atoms with Crippen molar-refractivity contribution in [2.24, 2.45) is 5.14 Å². The molecule has 8 nitrogen and oxygen atoms in total. The molecule has 0 saturated heterocycles. The van der Waals surface area contributed by atoms with Crippen LogP contribution in [0, 0.1) is 0 Å². The van der Waals surface area contributed by atoms with Gasteiger partial charge in [-0.2, -0.15) is 0 Å². The number of amides is 1. The van der Waals surface area contributed by atoms with Crippen LogP contribution in [0.4, 0.5) is 5.69 Å². The van der Waals surface area contributed by atoms with Crippen LogP contribution in [0.3, 0.4) is 0 Å². The van der Waals surface area contributed by atoms with Crippen LogP contribution in [0.25, 0.3) is 0 Å². The number of hydrogen-bond acceptors (Lipinski definition) is 6. The molecular weight excluding hydrogens is 396 g/mol. The van der Waals surface area contributed by atoms with Gasteiger partial charge in [-0.25, -0.2) is 18.4 Å². The Bertz CT molecular complexity index is 940. The molecule has 0 aliphatic heterocycles. The van der Waals surface area contributed by atoms with E-state index in [9.17, 15) is 18.0 Å². The summed E-state index contributed by atoms with van der Waals surface area (Å²) in [6, 6.07) is 11.8. The van der Waals surface area contributed by atoms with Crippen LogP contribution in [0.5, 0.6) is 5.75 Å². The van der Waals surface area contributed by atoms with Crippen molar-refractivity contribution >= 4 is 27.6 Å². The summed E-state index contributed by atoms with van der Waals surface area (Å²) in [4.78, 5) is 24.1. The number of benzene rings is 2. The van der Waals surface area contributed by atoms with E-state index in [-0.39, 0.29) is 4.90 Å². The lowest BCUT2D eigenvalue weighted by atomic mass is 10.2. The molecule has 0 bridgehead atoms. The number of primary sulfonamides is 1. The van der Waals surface area contributed by atoms with Crippen molar-refractivity contribution in [3.8, 4) is 5.75 Å². The molecule has 2 rings (SSSR count). The molecule has 0 unspecified atom stereocenters. The first-order valence-corrected chi connectivity index (χ1v) is 10.6. The fraction of sp³-hybridized carbons (Fsp3) is 0.300. The highest BCUT2D eigenvalue weighted by atomic mass is 32.2. The fourth-order valence-electron chi connectivity index (χ4n) is 2.29. The smallest absolute Gasteiger partial charge is 0.338 e. The molecule has 0 aromatic heterocycles. The first-order chi connectivity index (χ1) is 13.7. The molecule has 1 amide bonds. The number of nitrogens with one attached hydrogen (secondary N) is 1. The highest BCUT2D eigenvalue weighted by molar-refractivity contribution is 7.89. The van der Waals surface area contributed by atoms with E-state index < -0.39 is 28.0 Å². The van der Waals surface area contributed by atoms with Gasteiger partial charge in [0.1, 0.15) is 5.75 Å². The average molecular weight is 420 g/mol. The third-order valence-electron chi connectivity index (χ3n) is 3.95. The van der Waals surface area contributed by atoms with Crippen molar-refractivity contribution in [1.82, 2.24) is 0 Å². The van der Waals surface area contributed by atoms with Gasteiger partial charge >= 0.3 is 5.97 Å². The monoisotopic (exact) mass is 420 g/mol. The van der Waals surface area contributed by atoms with Crippen molar-refractivity contribution in [1.29, 1.82) is 0 Å². The van der Waals surface area contributed by atoms with Crippen molar-refractivity contribution in [2.75, 3.05) is 11.9 Å². The number of carbonyl (C=O) groups excluding carboxylic acids is 2. The number of hydrogen-bond donors (Lipinski definition) is 2. The number of esters is 1. The van der Waals surface area contributed by atoms with Crippen molar-refractivity contribution < 1.29 is 27.5 Å². The lowest BCUT2D eigenvalue weighted by Gasteiger charge is -2.15. The van der Waals surface area contributed by atoms with Crippen LogP contribution in [-0.2, 0) is 19.6 Å². The molecule has 156 valence electrons. The first-order valence-electron chi connectivity index (χ1n) is 9.08. The molecule has 29 heavy (non-hydrogen) atoms. The zero-order chi connectivity index (χ0) is 21.4. The second-order valence-electron chi connectivity index (χ2n) is 6.33. The zero-order valence-electron chi connectivity index (χ0n) is 16.3. The summed E-state index contributed by atoms with van der Waals surface area (Å²) in [6.45, 7) is 3.96. The molecule has 0 heterocycles. The van der Waals surface area contributed by atoms with Gasteiger partial charge in [0.2, 0.25) is 10.0 Å². The molecule has 1 atom stereocenters. The third-order valence-corrected chi connectivity index (χ3v) is 4.88. The number of carbonyl (C=O) groups is 2. The van der Waals surface area contributed by atoms with Crippen LogP contribution in [0.15, 0.2) is 53.4 Å². The Morgan fingerprint density at radius 1 is 1.07 bits per heavy atom. The van der Waals surface area contributed by atoms with Crippen LogP contribution >= 0.6 is 0 Å². The van der Waals surface area contributed by atoms with Crippen LogP contribution in [0.1, 0.15) is 37.0 Å². The SMILES string of the molecule is CCCCOC(=O)c1ccc(O[C@@H](C)C(=O)Nc2ccc(S(N)(=O)=O)cc2)cc1. The zero-order valence-corrected chi connectivity index (χ0v) is 17.1. The van der Waals surface area contributed by atoms with E-state index in [0.717, 1.165) is 12.8 Å². The lowest BCUT2D eigenvalue weighted by Crippen LogP contribution is -2.30. The van der Waals surface area contributed by atoms with E-state index in [1.165, 1.54) is 24.3 Å². The van der Waals surface area contributed by atoms with E-state index in [0.29, 0.717) is 23.6 Å². The predicted molar refractivity (Wildman–Crippen MR) is 108 cm³/mol. The summed E-state index contributed by atoms with van der Waals surface area (Å²) in [5.41, 5.74) is 0.809. The van der Waals surface area contributed by atoms with Gasteiger partial charge in [0, 0.05) is 5.69 Å². The summed E-state index contributed by atoms with van der Waals surface area (Å²) < 4.78 is 33.2. The fourth-order valence-corrected chi connectivity index (χ4v) is 2.81. The molecule has 2 aromatic carbocycles. The highest BCUT2D eigenvalue weighted by Gasteiger charge is 2.16. The summed E-state index contributed by atoms with van der Waals surface area (Å²) in [7, 11) is -3.79. The summed E-state index contributed by atoms with van der Waals surface area (Å²) in [6.07, 6.45) is 0.927. The Morgan fingerprint density at radius 3 is 2.24 bits per heavy atom. The van der Waals surface area contributed by atoms with Gasteiger partial charge in [0.25, 0.3) is 5.91 Å². The number of unbranched alkanes of at least 4 members (excludes halogenated alkanes) is 1. The van der Waals surface area contributed by atoms with Gasteiger partial charge in [-0.15, -0.1) is 0 Å². The quantitative estimate of drug-likeness (QED) is 0.475. The molecule has 0 fully saturated rings. The minimum Gasteiger partial charge on any atom is -0.481 e. The summed E-state index contributed by atoms with van der Waals surface area (Å²) in [5, 5.41) is 7.66. The Hall–Kier alpha value is -2.91. The van der Waals surface area contributed by atoms with Crippen molar-refractivity contribution in [3.63, 3.8) is 0 Å². The molecule has 0 aliphatic carbocycles. The third kappa shape index (κ3) is 6.88. The molecule has 0 spiro atoms. The predicted octanol–water partition coefficient (Wildman–Crippen LogP) is 2.70. The van der Waals surface area contributed by atoms with Gasteiger partial charge in [-0.05, 0) is 61.9 Å². The normalized spacial score (nSPS) is 12.1. The second-order valence-corrected chi connectivity index (χ2v) is 7.89. The standard InChI is InChI=1S/C20H24N2O6S/c1-3-4-13-27-20(24)15-5-9-17(10-6-15)28-14(2)19(23)22-16-7-11-18(12-8-16)29(21,25)26/h5-12,14H,3-4,13H2,1-2H3,(H,22,23)(H2,21,25,26)/t14-/m0/s1. The number of anilines is 1. The maximum atomic E-state index is 12.3. The average Bonchev–Trinajstić information content (AvgIpc) is 2.68. The van der Waals surface area contributed by atoms with E-state index in [1.54, 1.807) is 31.2 Å². The Balaban J connectivity index is 1.91. The van der Waals surface area contributed by atoms with E-state index >= 15 is 0 Å². The summed E-state index contributed by atoms with van der Waals surface area (Å²) in [5.74, 6) is -0.405. The minimum absolute atomic E-state index is 0.0480. The van der Waals surface area contributed by atoms with E-state index in [1.807, 2.05) is 6.92 Å². The number of sulfonamides is 1. The van der Waals surface area contributed by atoms with Crippen LogP contribution in [-0.4, -0.2) is 33.0 Å². The van der Waals surface area contributed by atoms with Gasteiger partial charge in [0.05, 0.1) is 17.1 Å². The van der Waals surface area contributed by atoms with Crippen LogP contribution < -0.4 is 15.2 Å². The largest absolute Gasteiger partial charge is 0.481 e. The molecule has 2 aromatic rings. The van der Waals surface area contributed by atoms with Crippen molar-refractivity contribution in [3.05, 3.63) is 54.1 Å². The van der Waals surface area contributed by atoms with Gasteiger partial charge in [-0.1, -0.05) is 13.3 Å². The molecule has 3 N–H and O–H groups in total. The molecule has 9 heteroatoms. The topological polar surface area (TPSA) is 125 Å². The molecular formula is C20H24N2O6S.